The number of imidazole rings is 1. The van der Waals surface area contributed by atoms with Gasteiger partial charge in [-0.05, 0) is 24.0 Å². The summed E-state index contributed by atoms with van der Waals surface area (Å²) >= 11 is 7.42. The summed E-state index contributed by atoms with van der Waals surface area (Å²) in [6, 6.07) is 7.74. The quantitative estimate of drug-likeness (QED) is 0.671. The van der Waals surface area contributed by atoms with Gasteiger partial charge in [0.25, 0.3) is 5.91 Å². The first kappa shape index (κ1) is 18.9. The summed E-state index contributed by atoms with van der Waals surface area (Å²) in [5.74, 6) is 0.990. The zero-order valence-electron chi connectivity index (χ0n) is 15.6. The van der Waals surface area contributed by atoms with Crippen molar-refractivity contribution in [2.45, 2.75) is 39.7 Å². The molecule has 1 amide bonds. The van der Waals surface area contributed by atoms with E-state index in [0.29, 0.717) is 10.2 Å². The van der Waals surface area contributed by atoms with Gasteiger partial charge < -0.3 is 9.88 Å². The van der Waals surface area contributed by atoms with E-state index in [4.69, 9.17) is 16.6 Å². The number of hydrogen-bond acceptors (Lipinski definition) is 4. The lowest BCUT2D eigenvalue weighted by Crippen LogP contribution is -2.34. The molecule has 0 saturated heterocycles. The average Bonchev–Trinajstić information content (AvgIpc) is 3.13. The molecule has 5 nitrogen and oxygen atoms in total. The van der Waals surface area contributed by atoms with Gasteiger partial charge in [-0.2, -0.15) is 0 Å². The fraction of sp³-hybridized carbons (Fsp3) is 0.421. The van der Waals surface area contributed by atoms with Crippen molar-refractivity contribution in [3.05, 3.63) is 45.1 Å². The lowest BCUT2D eigenvalue weighted by atomic mass is 10.0. The molecule has 2 aromatic heterocycles. The molecular weight excluding hydrogens is 368 g/mol. The zero-order chi connectivity index (χ0) is 19.0. The zero-order valence-corrected chi connectivity index (χ0v) is 17.1. The normalized spacial score (nSPS) is 12.9. The summed E-state index contributed by atoms with van der Waals surface area (Å²) in [7, 11) is 1.98. The molecule has 0 aliphatic heterocycles. The van der Waals surface area contributed by atoms with E-state index in [-0.39, 0.29) is 23.8 Å². The fourth-order valence-electron chi connectivity index (χ4n) is 3.04. The summed E-state index contributed by atoms with van der Waals surface area (Å²) in [4.78, 5) is 22.8. The molecule has 1 unspecified atom stereocenters. The van der Waals surface area contributed by atoms with E-state index in [1.54, 1.807) is 0 Å². The van der Waals surface area contributed by atoms with Crippen LogP contribution in [-0.2, 0) is 7.05 Å². The number of amides is 1. The number of thiazole rings is 1. The summed E-state index contributed by atoms with van der Waals surface area (Å²) in [5, 5.41) is 3.12. The molecule has 26 heavy (non-hydrogen) atoms. The van der Waals surface area contributed by atoms with Crippen LogP contribution in [0.15, 0.2) is 24.3 Å². The van der Waals surface area contributed by atoms with Crippen LogP contribution < -0.4 is 5.32 Å². The number of rotatable bonds is 5. The molecule has 0 aliphatic carbocycles. The summed E-state index contributed by atoms with van der Waals surface area (Å²) in [6.07, 6.45) is 0. The molecular formula is C19H23ClN4OS. The maximum absolute atomic E-state index is 12.9. The Kier molecular flexibility index (Phi) is 5.34. The van der Waals surface area contributed by atoms with Gasteiger partial charge in [-0.15, -0.1) is 11.3 Å². The minimum absolute atomic E-state index is 0.172. The number of nitrogens with zero attached hydrogens (tertiary/aromatic N) is 3. The smallest absolute Gasteiger partial charge is 0.271 e. The summed E-state index contributed by atoms with van der Waals surface area (Å²) in [5.41, 5.74) is 2.38. The number of nitrogens with one attached hydrogen (secondary N) is 1. The van der Waals surface area contributed by atoms with Crippen molar-refractivity contribution in [1.82, 2.24) is 19.9 Å². The number of carbonyl (C=O) groups is 1. The van der Waals surface area contributed by atoms with Crippen molar-refractivity contribution in [2.75, 3.05) is 0 Å². The minimum Gasteiger partial charge on any atom is -0.340 e. The van der Waals surface area contributed by atoms with Gasteiger partial charge in [0, 0.05) is 11.9 Å². The molecule has 1 N–H and O–H groups in total. The fourth-order valence-corrected chi connectivity index (χ4v) is 4.16. The van der Waals surface area contributed by atoms with Gasteiger partial charge >= 0.3 is 0 Å². The van der Waals surface area contributed by atoms with Crippen molar-refractivity contribution in [3.8, 4) is 0 Å². The highest BCUT2D eigenvalue weighted by Gasteiger charge is 2.27. The first-order valence-corrected chi connectivity index (χ1v) is 9.87. The molecule has 0 spiro atoms. The lowest BCUT2D eigenvalue weighted by molar-refractivity contribution is 0.0917. The third-order valence-corrected chi connectivity index (χ3v) is 5.88. The Balaban J connectivity index is 1.96. The van der Waals surface area contributed by atoms with Crippen molar-refractivity contribution in [1.29, 1.82) is 0 Å². The van der Waals surface area contributed by atoms with Gasteiger partial charge in [0.05, 0.1) is 17.1 Å². The number of benzene rings is 1. The molecule has 7 heteroatoms. The Morgan fingerprint density at radius 2 is 1.88 bits per heavy atom. The van der Waals surface area contributed by atoms with Crippen molar-refractivity contribution < 1.29 is 4.79 Å². The summed E-state index contributed by atoms with van der Waals surface area (Å²) < 4.78 is 2.43. The highest BCUT2D eigenvalue weighted by atomic mass is 35.5. The highest BCUT2D eigenvalue weighted by Crippen LogP contribution is 2.31. The molecule has 0 saturated carbocycles. The maximum Gasteiger partial charge on any atom is 0.271 e. The van der Waals surface area contributed by atoms with E-state index in [0.717, 1.165) is 21.7 Å². The average molecular weight is 391 g/mol. The largest absolute Gasteiger partial charge is 0.340 e. The molecule has 1 aromatic carbocycles. The van der Waals surface area contributed by atoms with Gasteiger partial charge in [-0.25, -0.2) is 9.97 Å². The Morgan fingerprint density at radius 1 is 1.19 bits per heavy atom. The maximum atomic E-state index is 12.9. The van der Waals surface area contributed by atoms with Crippen LogP contribution in [0.2, 0.25) is 4.47 Å². The SMILES string of the molecule is CC(C)c1sc(Cl)nc1C(=O)NC(c1nc2ccccc2n1C)C(C)C. The predicted octanol–water partition coefficient (Wildman–Crippen LogP) is 4.93. The number of aryl methyl sites for hydroxylation is 1. The van der Waals surface area contributed by atoms with E-state index in [9.17, 15) is 4.79 Å². The Hall–Kier alpha value is -1.92. The molecule has 2 heterocycles. The summed E-state index contributed by atoms with van der Waals surface area (Å²) in [6.45, 7) is 8.21. The van der Waals surface area contributed by atoms with E-state index < -0.39 is 0 Å². The van der Waals surface area contributed by atoms with E-state index >= 15 is 0 Å². The predicted molar refractivity (Wildman–Crippen MR) is 107 cm³/mol. The Bertz CT molecular complexity index is 944. The van der Waals surface area contributed by atoms with Crippen LogP contribution in [0, 0.1) is 5.92 Å². The third-order valence-electron chi connectivity index (χ3n) is 4.42. The van der Waals surface area contributed by atoms with Crippen LogP contribution in [0.1, 0.15) is 60.8 Å². The number of halogens is 1. The van der Waals surface area contributed by atoms with Gasteiger partial charge in [0.1, 0.15) is 11.5 Å². The number of hydrogen-bond donors (Lipinski definition) is 1. The molecule has 1 atom stereocenters. The van der Waals surface area contributed by atoms with Crippen molar-refractivity contribution in [3.63, 3.8) is 0 Å². The van der Waals surface area contributed by atoms with E-state index in [1.165, 1.54) is 11.3 Å². The topological polar surface area (TPSA) is 59.8 Å². The van der Waals surface area contributed by atoms with Gasteiger partial charge in [0.2, 0.25) is 0 Å². The van der Waals surface area contributed by atoms with Gasteiger partial charge in [0.15, 0.2) is 4.47 Å². The Morgan fingerprint density at radius 3 is 2.50 bits per heavy atom. The van der Waals surface area contributed by atoms with Crippen LogP contribution in [0.5, 0.6) is 0 Å². The van der Waals surface area contributed by atoms with Crippen LogP contribution >= 0.6 is 22.9 Å². The number of aromatic nitrogens is 3. The molecule has 0 bridgehead atoms. The Labute approximate surface area is 162 Å². The second-order valence-corrected chi connectivity index (χ2v) is 8.66. The molecule has 0 fully saturated rings. The van der Waals surface area contributed by atoms with Crippen molar-refractivity contribution in [2.24, 2.45) is 13.0 Å². The lowest BCUT2D eigenvalue weighted by Gasteiger charge is -2.22. The number of fused-ring (bicyclic) bond motifs is 1. The minimum atomic E-state index is -0.222. The van der Waals surface area contributed by atoms with Gasteiger partial charge in [-0.1, -0.05) is 51.4 Å². The van der Waals surface area contributed by atoms with Crippen LogP contribution in [-0.4, -0.2) is 20.4 Å². The standard InChI is InChI=1S/C19H23ClN4OS/c1-10(2)14(17-21-12-8-6-7-9-13(12)24(17)5)22-18(25)15-16(11(3)4)26-19(20)23-15/h6-11,14H,1-5H3,(H,22,25). The molecule has 138 valence electrons. The molecule has 3 rings (SSSR count). The van der Waals surface area contributed by atoms with Crippen LogP contribution in [0.25, 0.3) is 11.0 Å². The number of carbonyl (C=O) groups excluding carboxylic acids is 1. The number of para-hydroxylation sites is 2. The molecule has 0 aliphatic rings. The van der Waals surface area contributed by atoms with Crippen LogP contribution in [0.4, 0.5) is 0 Å². The second kappa shape index (κ2) is 7.37. The van der Waals surface area contributed by atoms with E-state index in [2.05, 4.69) is 24.1 Å². The monoisotopic (exact) mass is 390 g/mol. The highest BCUT2D eigenvalue weighted by molar-refractivity contribution is 7.16. The molecule has 3 aromatic rings. The van der Waals surface area contributed by atoms with E-state index in [1.807, 2.05) is 49.7 Å². The van der Waals surface area contributed by atoms with Crippen molar-refractivity contribution >= 4 is 39.9 Å². The third kappa shape index (κ3) is 3.48. The van der Waals surface area contributed by atoms with Crippen LogP contribution in [0.3, 0.4) is 0 Å². The first-order valence-electron chi connectivity index (χ1n) is 8.68. The van der Waals surface area contributed by atoms with Gasteiger partial charge in [-0.3, -0.25) is 4.79 Å². The second-order valence-electron chi connectivity index (χ2n) is 7.05. The molecule has 0 radical (unpaired) electrons. The first-order chi connectivity index (χ1) is 12.3.